The molecule has 2 rings (SSSR count). The van der Waals surface area contributed by atoms with Crippen LogP contribution in [-0.2, 0) is 14.9 Å². The monoisotopic (exact) mass is 331 g/mol. The van der Waals surface area contributed by atoms with Crippen molar-refractivity contribution >= 4 is 29.1 Å². The molecule has 0 aromatic heterocycles. The molecule has 0 aliphatic heterocycles. The van der Waals surface area contributed by atoms with Gasteiger partial charge in [0.05, 0.1) is 28.2 Å². The van der Waals surface area contributed by atoms with Gasteiger partial charge in [0.15, 0.2) is 0 Å². The Labute approximate surface area is 134 Å². The molecule has 1 fully saturated rings. The van der Waals surface area contributed by atoms with Crippen LogP contribution in [0.15, 0.2) is 18.2 Å². The lowest BCUT2D eigenvalue weighted by Gasteiger charge is -2.41. The molecular formula is C15H19Cl2NO3. The fraction of sp³-hybridized carbons (Fsp3) is 0.533. The van der Waals surface area contributed by atoms with E-state index in [9.17, 15) is 9.90 Å². The SMILES string of the molecule is COCC(O)CNC(=O)C1(c2ccc(Cl)c(Cl)c2)CCC1. The van der Waals surface area contributed by atoms with E-state index in [4.69, 9.17) is 27.9 Å². The maximum Gasteiger partial charge on any atom is 0.230 e. The molecule has 21 heavy (non-hydrogen) atoms. The van der Waals surface area contributed by atoms with Gasteiger partial charge >= 0.3 is 0 Å². The van der Waals surface area contributed by atoms with E-state index in [2.05, 4.69) is 5.32 Å². The van der Waals surface area contributed by atoms with Crippen LogP contribution >= 0.6 is 23.2 Å². The van der Waals surface area contributed by atoms with Gasteiger partial charge in [-0.05, 0) is 30.5 Å². The van der Waals surface area contributed by atoms with Gasteiger partial charge in [0, 0.05) is 13.7 Å². The Hall–Kier alpha value is -0.810. The predicted molar refractivity (Wildman–Crippen MR) is 82.9 cm³/mol. The molecule has 0 saturated heterocycles. The number of amides is 1. The van der Waals surface area contributed by atoms with Gasteiger partial charge < -0.3 is 15.2 Å². The Bertz CT molecular complexity index is 518. The third-order valence-corrected chi connectivity index (χ3v) is 4.71. The Morgan fingerprint density at radius 2 is 2.14 bits per heavy atom. The Morgan fingerprint density at radius 3 is 2.67 bits per heavy atom. The molecule has 4 nitrogen and oxygen atoms in total. The number of carbonyl (C=O) groups is 1. The summed E-state index contributed by atoms with van der Waals surface area (Å²) >= 11 is 12.0. The molecule has 116 valence electrons. The maximum atomic E-state index is 12.5. The van der Waals surface area contributed by atoms with Crippen LogP contribution in [0.5, 0.6) is 0 Å². The molecule has 1 amide bonds. The van der Waals surface area contributed by atoms with E-state index < -0.39 is 11.5 Å². The molecule has 1 atom stereocenters. The van der Waals surface area contributed by atoms with Gasteiger partial charge in [0.1, 0.15) is 0 Å². The number of ether oxygens (including phenoxy) is 1. The van der Waals surface area contributed by atoms with Crippen molar-refractivity contribution in [2.24, 2.45) is 0 Å². The second-order valence-electron chi connectivity index (χ2n) is 5.38. The summed E-state index contributed by atoms with van der Waals surface area (Å²) in [6.07, 6.45) is 1.84. The summed E-state index contributed by atoms with van der Waals surface area (Å²) in [5, 5.41) is 13.4. The Morgan fingerprint density at radius 1 is 1.43 bits per heavy atom. The highest BCUT2D eigenvalue weighted by molar-refractivity contribution is 6.42. The maximum absolute atomic E-state index is 12.5. The standard InChI is InChI=1S/C15H19Cl2NO3/c1-21-9-11(19)8-18-14(20)15(5-2-6-15)10-3-4-12(16)13(17)7-10/h3-4,7,11,19H,2,5-6,8-9H2,1H3,(H,18,20). The lowest BCUT2D eigenvalue weighted by molar-refractivity contribution is -0.130. The quantitative estimate of drug-likeness (QED) is 0.842. The molecule has 0 radical (unpaired) electrons. The summed E-state index contributed by atoms with van der Waals surface area (Å²) in [6.45, 7) is 0.371. The highest BCUT2D eigenvalue weighted by Gasteiger charge is 2.45. The van der Waals surface area contributed by atoms with E-state index in [-0.39, 0.29) is 19.1 Å². The third kappa shape index (κ3) is 3.51. The number of methoxy groups -OCH3 is 1. The second-order valence-corrected chi connectivity index (χ2v) is 6.20. The third-order valence-electron chi connectivity index (χ3n) is 3.97. The number of carbonyl (C=O) groups excluding carboxylic acids is 1. The molecule has 1 aliphatic rings. The van der Waals surface area contributed by atoms with Crippen LogP contribution in [0.2, 0.25) is 10.0 Å². The highest BCUT2D eigenvalue weighted by atomic mass is 35.5. The number of hydrogen-bond donors (Lipinski definition) is 2. The van der Waals surface area contributed by atoms with E-state index in [1.165, 1.54) is 7.11 Å². The number of hydrogen-bond acceptors (Lipinski definition) is 3. The zero-order valence-electron chi connectivity index (χ0n) is 11.9. The van der Waals surface area contributed by atoms with Crippen LogP contribution in [0.1, 0.15) is 24.8 Å². The van der Waals surface area contributed by atoms with Crippen LogP contribution in [0, 0.1) is 0 Å². The summed E-state index contributed by atoms with van der Waals surface area (Å²) in [6, 6.07) is 5.32. The van der Waals surface area contributed by atoms with Gasteiger partial charge in [-0.3, -0.25) is 4.79 Å². The minimum absolute atomic E-state index is 0.0812. The van der Waals surface area contributed by atoms with Crippen molar-refractivity contribution in [3.63, 3.8) is 0 Å². The summed E-state index contributed by atoms with van der Waals surface area (Å²) in [4.78, 5) is 12.5. The minimum atomic E-state index is -0.704. The average molecular weight is 332 g/mol. The molecule has 1 aromatic carbocycles. The number of halogens is 2. The van der Waals surface area contributed by atoms with Crippen molar-refractivity contribution in [2.45, 2.75) is 30.8 Å². The van der Waals surface area contributed by atoms with Crippen LogP contribution in [0.4, 0.5) is 0 Å². The van der Waals surface area contributed by atoms with Gasteiger partial charge in [0.25, 0.3) is 0 Å². The summed E-state index contributed by atoms with van der Waals surface area (Å²) in [5.74, 6) is -0.0812. The zero-order chi connectivity index (χ0) is 15.5. The number of rotatable bonds is 6. The smallest absolute Gasteiger partial charge is 0.230 e. The lowest BCUT2D eigenvalue weighted by Crippen LogP contribution is -2.51. The van der Waals surface area contributed by atoms with E-state index in [0.29, 0.717) is 10.0 Å². The number of aliphatic hydroxyl groups excluding tert-OH is 1. The van der Waals surface area contributed by atoms with Crippen molar-refractivity contribution in [3.05, 3.63) is 33.8 Å². The zero-order valence-corrected chi connectivity index (χ0v) is 13.4. The first kappa shape index (κ1) is 16.6. The number of nitrogens with one attached hydrogen (secondary N) is 1. The van der Waals surface area contributed by atoms with Gasteiger partial charge in [-0.1, -0.05) is 35.7 Å². The highest BCUT2D eigenvalue weighted by Crippen LogP contribution is 2.45. The first-order chi connectivity index (χ1) is 9.99. The van der Waals surface area contributed by atoms with Crippen molar-refractivity contribution < 1.29 is 14.6 Å². The van der Waals surface area contributed by atoms with Crippen molar-refractivity contribution in [3.8, 4) is 0 Å². The van der Waals surface area contributed by atoms with E-state index >= 15 is 0 Å². The average Bonchev–Trinajstić information content (AvgIpc) is 2.39. The van der Waals surface area contributed by atoms with Crippen LogP contribution in [-0.4, -0.2) is 37.4 Å². The Kier molecular flexibility index (Phi) is 5.49. The summed E-state index contributed by atoms with van der Waals surface area (Å²) in [7, 11) is 1.51. The van der Waals surface area contributed by atoms with Gasteiger partial charge in [-0.25, -0.2) is 0 Å². The van der Waals surface area contributed by atoms with Gasteiger partial charge in [-0.2, -0.15) is 0 Å². The molecule has 0 spiro atoms. The molecule has 1 saturated carbocycles. The number of benzene rings is 1. The summed E-state index contributed by atoms with van der Waals surface area (Å²) in [5.41, 5.74) is 0.322. The van der Waals surface area contributed by atoms with Gasteiger partial charge in [0.2, 0.25) is 5.91 Å². The van der Waals surface area contributed by atoms with Crippen molar-refractivity contribution in [2.75, 3.05) is 20.3 Å². The fourth-order valence-corrected chi connectivity index (χ4v) is 2.90. The fourth-order valence-electron chi connectivity index (χ4n) is 2.60. The van der Waals surface area contributed by atoms with E-state index in [1.807, 2.05) is 6.07 Å². The van der Waals surface area contributed by atoms with Crippen LogP contribution in [0.25, 0.3) is 0 Å². The molecule has 0 heterocycles. The topological polar surface area (TPSA) is 58.6 Å². The first-order valence-electron chi connectivity index (χ1n) is 6.90. The lowest BCUT2D eigenvalue weighted by atomic mass is 9.64. The van der Waals surface area contributed by atoms with E-state index in [1.54, 1.807) is 12.1 Å². The van der Waals surface area contributed by atoms with Crippen LogP contribution < -0.4 is 5.32 Å². The molecule has 1 unspecified atom stereocenters. The number of aliphatic hydroxyl groups is 1. The normalized spacial score (nSPS) is 17.9. The molecule has 0 bridgehead atoms. The van der Waals surface area contributed by atoms with Crippen molar-refractivity contribution in [1.29, 1.82) is 0 Å². The molecular weight excluding hydrogens is 313 g/mol. The molecule has 1 aliphatic carbocycles. The van der Waals surface area contributed by atoms with Gasteiger partial charge in [-0.15, -0.1) is 0 Å². The Balaban J connectivity index is 2.10. The second kappa shape index (κ2) is 6.97. The summed E-state index contributed by atoms with van der Waals surface area (Å²) < 4.78 is 4.84. The van der Waals surface area contributed by atoms with E-state index in [0.717, 1.165) is 24.8 Å². The minimum Gasteiger partial charge on any atom is -0.389 e. The first-order valence-corrected chi connectivity index (χ1v) is 7.66. The largest absolute Gasteiger partial charge is 0.389 e. The van der Waals surface area contributed by atoms with Crippen LogP contribution in [0.3, 0.4) is 0 Å². The predicted octanol–water partition coefficient (Wildman–Crippen LogP) is 2.54. The molecule has 2 N–H and O–H groups in total. The molecule has 6 heteroatoms. The molecule has 1 aromatic rings. The van der Waals surface area contributed by atoms with Crippen molar-refractivity contribution in [1.82, 2.24) is 5.32 Å².